The number of piperidine rings is 1. The summed E-state index contributed by atoms with van der Waals surface area (Å²) in [5.41, 5.74) is 4.84. The number of fused-ring (bicyclic) bond motifs is 1. The van der Waals surface area contributed by atoms with Gasteiger partial charge in [0, 0.05) is 50.3 Å². The third kappa shape index (κ3) is 7.23. The van der Waals surface area contributed by atoms with Gasteiger partial charge in [-0.1, -0.05) is 48.5 Å². The molecule has 1 amide bonds. The molecule has 0 radical (unpaired) electrons. The Morgan fingerprint density at radius 1 is 1.02 bits per heavy atom. The number of H-pyrrole nitrogens is 1. The summed E-state index contributed by atoms with van der Waals surface area (Å²) in [6, 6.07) is 23.0. The molecule has 46 heavy (non-hydrogen) atoms. The van der Waals surface area contributed by atoms with Gasteiger partial charge < -0.3 is 34.5 Å². The minimum absolute atomic E-state index is 0.0324. The van der Waals surface area contributed by atoms with Crippen LogP contribution in [0.3, 0.4) is 0 Å². The number of likely N-dealkylation sites (tertiary alicyclic amines) is 1. The van der Waals surface area contributed by atoms with Crippen LogP contribution in [0, 0.1) is 0 Å². The summed E-state index contributed by atoms with van der Waals surface area (Å²) in [6.45, 7) is 5.12. The molecule has 1 aromatic heterocycles. The number of esters is 1. The second-order valence-corrected chi connectivity index (χ2v) is 12.1. The molecule has 3 heterocycles. The average Bonchev–Trinajstić information content (AvgIpc) is 3.40. The normalized spacial score (nSPS) is 21.6. The Labute approximate surface area is 267 Å². The zero-order chi connectivity index (χ0) is 32.2. The van der Waals surface area contributed by atoms with Crippen molar-refractivity contribution in [1.82, 2.24) is 14.5 Å². The van der Waals surface area contributed by atoms with Gasteiger partial charge in [0.15, 0.2) is 12.4 Å². The van der Waals surface area contributed by atoms with E-state index >= 15 is 0 Å². The van der Waals surface area contributed by atoms with E-state index in [-0.39, 0.29) is 30.5 Å². The lowest BCUT2D eigenvalue weighted by Gasteiger charge is -2.40. The summed E-state index contributed by atoms with van der Waals surface area (Å²) < 4.78 is 20.0. The van der Waals surface area contributed by atoms with Gasteiger partial charge in [0.1, 0.15) is 0 Å². The summed E-state index contributed by atoms with van der Waals surface area (Å²) in [6.07, 6.45) is 0.343. The number of aromatic amines is 1. The number of aromatic nitrogens is 2. The molecular weight excluding hydrogens is 588 g/mol. The van der Waals surface area contributed by atoms with Crippen LogP contribution in [0.25, 0.3) is 11.0 Å². The third-order valence-electron chi connectivity index (χ3n) is 8.76. The van der Waals surface area contributed by atoms with Gasteiger partial charge >= 0.3 is 11.7 Å². The molecule has 2 aliphatic heterocycles. The summed E-state index contributed by atoms with van der Waals surface area (Å²) in [7, 11) is 0. The van der Waals surface area contributed by atoms with E-state index in [1.165, 1.54) is 13.8 Å². The number of amides is 1. The van der Waals surface area contributed by atoms with Gasteiger partial charge in [0.05, 0.1) is 29.8 Å². The van der Waals surface area contributed by atoms with Crippen LogP contribution in [0.15, 0.2) is 77.6 Å². The van der Waals surface area contributed by atoms with Crippen LogP contribution in [0.4, 0.5) is 5.69 Å². The number of nitrogens with zero attached hydrogens (tertiary/aromatic N) is 2. The van der Waals surface area contributed by atoms with Crippen molar-refractivity contribution in [3.8, 4) is 0 Å². The first kappa shape index (κ1) is 31.7. The van der Waals surface area contributed by atoms with Crippen molar-refractivity contribution < 1.29 is 28.9 Å². The van der Waals surface area contributed by atoms with E-state index in [4.69, 9.17) is 14.2 Å². The molecule has 0 bridgehead atoms. The minimum Gasteiger partial charge on any atom is -0.453 e. The lowest BCUT2D eigenvalue weighted by atomic mass is 9.98. The largest absolute Gasteiger partial charge is 0.453 e. The Kier molecular flexibility index (Phi) is 9.64. The lowest BCUT2D eigenvalue weighted by Crippen LogP contribution is -2.43. The maximum atomic E-state index is 12.8. The number of rotatable bonds is 9. The summed E-state index contributed by atoms with van der Waals surface area (Å²) in [4.78, 5) is 42.0. The molecule has 0 spiro atoms. The maximum absolute atomic E-state index is 12.8. The molecule has 6 rings (SSSR count). The zero-order valence-corrected chi connectivity index (χ0v) is 26.1. The van der Waals surface area contributed by atoms with E-state index in [0.29, 0.717) is 18.7 Å². The van der Waals surface area contributed by atoms with Gasteiger partial charge in [-0.3, -0.25) is 14.2 Å². The predicted octanol–water partition coefficient (Wildman–Crippen LogP) is 4.59. The van der Waals surface area contributed by atoms with E-state index in [0.717, 1.165) is 53.7 Å². The number of benzene rings is 3. The number of aliphatic hydroxyl groups is 1. The molecule has 4 aromatic rings. The number of imidazole rings is 1. The maximum Gasteiger partial charge on any atom is 0.326 e. The molecule has 4 atom stereocenters. The Morgan fingerprint density at radius 3 is 2.52 bits per heavy atom. The van der Waals surface area contributed by atoms with Crippen LogP contribution in [-0.4, -0.2) is 63.3 Å². The predicted molar refractivity (Wildman–Crippen MR) is 172 cm³/mol. The minimum atomic E-state index is -0.933. The van der Waals surface area contributed by atoms with Crippen molar-refractivity contribution in [3.05, 3.63) is 100.0 Å². The molecule has 242 valence electrons. The Balaban J connectivity index is 1.16. The number of para-hydroxylation sites is 2. The monoisotopic (exact) mass is 628 g/mol. The SMILES string of the molecule is CC(=O)OC(C)C(=O)Nc1cccc(C2OC(CN3CCC(n4c(=O)[nH]c5ccccc54)CC3)CC(c3ccc(CO)cc3)O2)c1. The van der Waals surface area contributed by atoms with Crippen molar-refractivity contribution in [3.63, 3.8) is 0 Å². The van der Waals surface area contributed by atoms with E-state index < -0.39 is 24.3 Å². The topological polar surface area (TPSA) is 135 Å². The summed E-state index contributed by atoms with van der Waals surface area (Å²) >= 11 is 0. The van der Waals surface area contributed by atoms with E-state index in [9.17, 15) is 19.5 Å². The standard InChI is InChI=1S/C35H40N4O7/c1-22(44-23(2)41)33(42)36-27-7-5-6-26(18-27)34-45-29(19-32(46-34)25-12-10-24(21-40)11-13-25)20-38-16-14-28(15-17-38)39-31-9-4-3-8-30(31)37-35(39)43/h3-13,18,22,28-29,32,34,40H,14-17,19-21H2,1-2H3,(H,36,42)(H,37,43). The second kappa shape index (κ2) is 14.0. The molecular formula is C35H40N4O7. The number of anilines is 1. The van der Waals surface area contributed by atoms with Crippen LogP contribution in [0.5, 0.6) is 0 Å². The Morgan fingerprint density at radius 2 is 1.78 bits per heavy atom. The number of hydrogen-bond acceptors (Lipinski definition) is 8. The van der Waals surface area contributed by atoms with E-state index in [1.807, 2.05) is 71.3 Å². The fraction of sp³-hybridized carbons (Fsp3) is 0.400. The molecule has 3 N–H and O–H groups in total. The van der Waals surface area contributed by atoms with Crippen LogP contribution >= 0.6 is 0 Å². The van der Waals surface area contributed by atoms with Crippen molar-refractivity contribution >= 4 is 28.6 Å². The smallest absolute Gasteiger partial charge is 0.326 e. The lowest BCUT2D eigenvalue weighted by molar-refractivity contribution is -0.253. The van der Waals surface area contributed by atoms with Crippen LogP contribution in [0.1, 0.15) is 68.2 Å². The first-order valence-corrected chi connectivity index (χ1v) is 15.8. The molecule has 2 aliphatic rings. The van der Waals surface area contributed by atoms with Gasteiger partial charge in [-0.15, -0.1) is 0 Å². The number of carbonyl (C=O) groups is 2. The fourth-order valence-electron chi connectivity index (χ4n) is 6.43. The first-order valence-electron chi connectivity index (χ1n) is 15.8. The third-order valence-corrected chi connectivity index (χ3v) is 8.76. The van der Waals surface area contributed by atoms with E-state index in [1.54, 1.807) is 6.07 Å². The van der Waals surface area contributed by atoms with Crippen molar-refractivity contribution in [2.24, 2.45) is 0 Å². The van der Waals surface area contributed by atoms with Gasteiger partial charge in [0.25, 0.3) is 5.91 Å². The van der Waals surface area contributed by atoms with Crippen LogP contribution in [-0.2, 0) is 30.4 Å². The first-order chi connectivity index (χ1) is 22.3. The number of aliphatic hydroxyl groups excluding tert-OH is 1. The quantitative estimate of drug-likeness (QED) is 0.229. The highest BCUT2D eigenvalue weighted by atomic mass is 16.7. The van der Waals surface area contributed by atoms with Crippen LogP contribution < -0.4 is 11.0 Å². The molecule has 11 nitrogen and oxygen atoms in total. The number of nitrogens with one attached hydrogen (secondary N) is 2. The molecule has 0 saturated carbocycles. The molecule has 11 heteroatoms. The van der Waals surface area contributed by atoms with E-state index in [2.05, 4.69) is 15.2 Å². The summed E-state index contributed by atoms with van der Waals surface area (Å²) in [5.74, 6) is -0.962. The highest BCUT2D eigenvalue weighted by Gasteiger charge is 2.34. The Hall–Kier alpha value is -4.29. The van der Waals surface area contributed by atoms with Crippen molar-refractivity contribution in [2.45, 2.75) is 70.4 Å². The van der Waals surface area contributed by atoms with Crippen molar-refractivity contribution in [2.75, 3.05) is 25.0 Å². The molecule has 2 saturated heterocycles. The molecule has 0 aliphatic carbocycles. The molecule has 3 aromatic carbocycles. The molecule has 2 fully saturated rings. The second-order valence-electron chi connectivity index (χ2n) is 12.1. The van der Waals surface area contributed by atoms with Gasteiger partial charge in [0.2, 0.25) is 0 Å². The number of ether oxygens (including phenoxy) is 3. The van der Waals surface area contributed by atoms with Crippen LogP contribution in [0.2, 0.25) is 0 Å². The number of carbonyl (C=O) groups excluding carboxylic acids is 2. The van der Waals surface area contributed by atoms with Gasteiger partial charge in [-0.25, -0.2) is 4.79 Å². The highest BCUT2D eigenvalue weighted by Crippen LogP contribution is 2.39. The van der Waals surface area contributed by atoms with Gasteiger partial charge in [-0.2, -0.15) is 0 Å². The fourth-order valence-corrected chi connectivity index (χ4v) is 6.43. The zero-order valence-electron chi connectivity index (χ0n) is 26.1. The highest BCUT2D eigenvalue weighted by molar-refractivity contribution is 5.95. The molecule has 4 unspecified atom stereocenters. The Bertz CT molecular complexity index is 1720. The summed E-state index contributed by atoms with van der Waals surface area (Å²) in [5, 5.41) is 12.3. The number of hydrogen-bond donors (Lipinski definition) is 3. The average molecular weight is 629 g/mol. The van der Waals surface area contributed by atoms with Gasteiger partial charge in [-0.05, 0) is 55.2 Å². The van der Waals surface area contributed by atoms with Crippen molar-refractivity contribution in [1.29, 1.82) is 0 Å².